The highest BCUT2D eigenvalue weighted by molar-refractivity contribution is 9.10. The minimum absolute atomic E-state index is 0.0682. The number of anilines is 3. The van der Waals surface area contributed by atoms with Crippen LogP contribution in [-0.2, 0) is 20.7 Å². The van der Waals surface area contributed by atoms with Crippen LogP contribution in [0, 0.1) is 37.7 Å². The maximum atomic E-state index is 14.2. The summed E-state index contributed by atoms with van der Waals surface area (Å²) in [6.45, 7) is 22.3. The van der Waals surface area contributed by atoms with Crippen LogP contribution in [0.4, 0.5) is 41.6 Å². The van der Waals surface area contributed by atoms with Gasteiger partial charge in [-0.15, -0.1) is 11.8 Å². The van der Waals surface area contributed by atoms with Gasteiger partial charge in [0.1, 0.15) is 22.1 Å². The Bertz CT molecular complexity index is 3050. The lowest BCUT2D eigenvalue weighted by Gasteiger charge is -2.40. The first-order chi connectivity index (χ1) is 45.2. The molecule has 546 valence electrons. The van der Waals surface area contributed by atoms with Gasteiger partial charge in [0.15, 0.2) is 0 Å². The van der Waals surface area contributed by atoms with Crippen LogP contribution in [0.5, 0.6) is 0 Å². The molecule has 1 heterocycles. The molecule has 0 atom stereocenters. The van der Waals surface area contributed by atoms with Gasteiger partial charge in [-0.1, -0.05) is 115 Å². The summed E-state index contributed by atoms with van der Waals surface area (Å²) in [4.78, 5) is 49.9. The molecule has 9 rings (SSSR count). The molecule has 1 amide bonds. The van der Waals surface area contributed by atoms with Crippen molar-refractivity contribution in [1.29, 1.82) is 0 Å². The van der Waals surface area contributed by atoms with E-state index in [0.717, 1.165) is 107 Å². The number of ether oxygens (including phenoxy) is 1. The fraction of sp³-hybridized carbons (Fsp3) is 0.639. The van der Waals surface area contributed by atoms with Crippen LogP contribution >= 0.6 is 43.6 Å². The van der Waals surface area contributed by atoms with E-state index in [1.807, 2.05) is 36.9 Å². The third kappa shape index (κ3) is 35.3. The molecule has 0 bridgehead atoms. The van der Waals surface area contributed by atoms with Gasteiger partial charge in [-0.2, -0.15) is 4.39 Å². The van der Waals surface area contributed by atoms with E-state index in [9.17, 15) is 63.4 Å². The quantitative estimate of drug-likeness (QED) is 0.0187. The number of halogens is 5. The summed E-state index contributed by atoms with van der Waals surface area (Å²) in [6.07, 6.45) is 23.8. The summed E-state index contributed by atoms with van der Waals surface area (Å²) in [7, 11) is 0. The number of aliphatic hydroxyl groups is 4. The predicted molar refractivity (Wildman–Crippen MR) is 390 cm³/mol. The minimum atomic E-state index is -1.10. The molecule has 0 radical (unpaired) electrons. The van der Waals surface area contributed by atoms with Crippen molar-refractivity contribution >= 4 is 83.9 Å². The van der Waals surface area contributed by atoms with E-state index >= 15 is 0 Å². The number of aliphatic carboxylic acids is 1. The molecule has 4 aromatic rings. The van der Waals surface area contributed by atoms with E-state index in [0.29, 0.717) is 56.1 Å². The summed E-state index contributed by atoms with van der Waals surface area (Å²) < 4.78 is 45.0. The summed E-state index contributed by atoms with van der Waals surface area (Å²) in [5.41, 5.74) is 4.82. The lowest BCUT2D eigenvalue weighted by atomic mass is 9.92. The number of nitro groups is 2. The van der Waals surface area contributed by atoms with Crippen molar-refractivity contribution in [2.45, 2.75) is 267 Å². The molecule has 4 aliphatic carbocycles. The number of nitrogens with zero attached hydrogens (tertiary/aromatic N) is 4. The van der Waals surface area contributed by atoms with E-state index in [1.165, 1.54) is 88.8 Å². The van der Waals surface area contributed by atoms with Crippen LogP contribution < -0.4 is 26.2 Å². The molecule has 9 N–H and O–H groups in total. The van der Waals surface area contributed by atoms with E-state index in [1.54, 1.807) is 60.6 Å². The maximum absolute atomic E-state index is 14.2. The number of benzene rings is 4. The SMILES string of the molecule is CC(C)(O)CN(c1ccc(Br)cc1[N+](=O)[O-])C1CCCCC1.CC(C)(O)CN(c1ccc(SC(C)(C)C(=O)O)cc1NC(=O)Cc1ccc(F)cc1F)C1CCCCC1.CC(C)(O)CNC1CCCCC1.CC1(C)CO1.CCO.NC1CCCCC1.O=[N+]([O-])c1cc(Br)ccc1F. The number of nitrogens with one attached hydrogen (secondary N) is 2. The predicted octanol–water partition coefficient (Wildman–Crippen LogP) is 16.5. The molecular weight excluding hydrogens is 1400 g/mol. The second-order valence-electron chi connectivity index (χ2n) is 28.6. The highest BCUT2D eigenvalue weighted by atomic mass is 79.9. The molecule has 97 heavy (non-hydrogen) atoms. The standard InChI is InChI=1S/C28H36F2N2O4S.C16H23BrN2O3.C10H21NO.C6H3BrFNO2.C6H13N.C4H8O.C2H6O/c1-27(2,36)17-32(20-8-6-5-7-9-20)24-13-12-21(37-28(3,4)26(34)35)16-23(24)31-25(33)14-18-10-11-19(29)15-22(18)30;1-16(2,20)11-18(13-6-4-3-5-7-13)14-9-8-12(17)10-15(14)19(21)22;1-10(2,12)8-11-9-6-4-3-5-7-9;7-4-1-2-5(8)6(3-4)9(10)11;7-6-4-2-1-3-5-6;1-4(2)3-5-4;1-2-3/h10-13,15-16,20,36H,5-9,14,17H2,1-4H3,(H,31,33)(H,34,35);8-10,13,20H,3-7,11H2,1-2H3;9,11-12H,3-8H2,1-2H3;1-3H;6H,1-5,7H2;3H2,1-2H3;3H,2H2,1H3. The van der Waals surface area contributed by atoms with E-state index in [2.05, 4.69) is 61.2 Å². The van der Waals surface area contributed by atoms with Gasteiger partial charge in [-0.3, -0.25) is 29.8 Å². The molecule has 5 fully saturated rings. The third-order valence-corrected chi connectivity index (χ3v) is 18.5. The van der Waals surface area contributed by atoms with Gasteiger partial charge in [-0.25, -0.2) is 8.78 Å². The summed E-state index contributed by atoms with van der Waals surface area (Å²) in [5, 5.41) is 75.4. The van der Waals surface area contributed by atoms with Gasteiger partial charge in [-0.05, 0) is 182 Å². The molecule has 1 saturated heterocycles. The average molecular weight is 1510 g/mol. The molecule has 25 heteroatoms. The van der Waals surface area contributed by atoms with Gasteiger partial charge in [0.2, 0.25) is 11.7 Å². The number of carboxylic acid groups (broad SMARTS) is 1. The summed E-state index contributed by atoms with van der Waals surface area (Å²) >= 11 is 7.44. The maximum Gasteiger partial charge on any atom is 0.319 e. The first-order valence-electron chi connectivity index (χ1n) is 34.0. The Hall–Kier alpha value is -4.96. The number of hydrogen-bond acceptors (Lipinski definition) is 16. The fourth-order valence-electron chi connectivity index (χ4n) is 11.2. The van der Waals surface area contributed by atoms with Crippen molar-refractivity contribution in [3.63, 3.8) is 0 Å². The van der Waals surface area contributed by atoms with E-state index in [-0.39, 0.29) is 46.9 Å². The largest absolute Gasteiger partial charge is 0.480 e. The van der Waals surface area contributed by atoms with Gasteiger partial charge < -0.3 is 56.4 Å². The Morgan fingerprint density at radius 1 is 0.649 bits per heavy atom. The Labute approximate surface area is 594 Å². The van der Waals surface area contributed by atoms with Crippen molar-refractivity contribution < 1.29 is 62.9 Å². The van der Waals surface area contributed by atoms with Gasteiger partial charge in [0, 0.05) is 82.4 Å². The lowest BCUT2D eigenvalue weighted by Crippen LogP contribution is -2.46. The Kier molecular flexibility index (Phi) is 37.1. The van der Waals surface area contributed by atoms with Crippen LogP contribution in [0.25, 0.3) is 0 Å². The lowest BCUT2D eigenvalue weighted by molar-refractivity contribution is -0.387. The first-order valence-corrected chi connectivity index (χ1v) is 36.4. The van der Waals surface area contributed by atoms with Crippen LogP contribution in [-0.4, -0.2) is 131 Å². The van der Waals surface area contributed by atoms with Crippen molar-refractivity contribution in [1.82, 2.24) is 5.32 Å². The van der Waals surface area contributed by atoms with E-state index < -0.39 is 61.5 Å². The minimum Gasteiger partial charge on any atom is -0.480 e. The zero-order valence-electron chi connectivity index (χ0n) is 58.9. The number of nitrogens with two attached hydrogens (primary N) is 1. The van der Waals surface area contributed by atoms with Crippen molar-refractivity contribution in [3.8, 4) is 0 Å². The summed E-state index contributed by atoms with van der Waals surface area (Å²) in [5.74, 6) is -3.79. The number of carbonyl (C=O) groups is 2. The number of rotatable bonds is 19. The smallest absolute Gasteiger partial charge is 0.319 e. The van der Waals surface area contributed by atoms with Crippen LogP contribution in [0.3, 0.4) is 0 Å². The number of aliphatic hydroxyl groups excluding tert-OH is 1. The zero-order valence-corrected chi connectivity index (χ0v) is 62.9. The van der Waals surface area contributed by atoms with Gasteiger partial charge >= 0.3 is 11.7 Å². The molecule has 4 aromatic carbocycles. The number of carbonyl (C=O) groups excluding carboxylic acids is 1. The molecule has 0 unspecified atom stereocenters. The molecule has 19 nitrogen and oxygen atoms in total. The summed E-state index contributed by atoms with van der Waals surface area (Å²) in [6, 6.07) is 18.8. The molecular formula is C72H110Br2F3N7O12S. The molecule has 0 spiro atoms. The molecule has 0 aromatic heterocycles. The topological polar surface area (TPSA) is 291 Å². The second-order valence-corrected chi connectivity index (χ2v) is 32.1. The number of carboxylic acids is 1. The number of amides is 1. The van der Waals surface area contributed by atoms with Crippen LogP contribution in [0.2, 0.25) is 0 Å². The fourth-order valence-corrected chi connectivity index (χ4v) is 12.9. The van der Waals surface area contributed by atoms with Crippen molar-refractivity contribution in [3.05, 3.63) is 125 Å². The van der Waals surface area contributed by atoms with Crippen molar-refractivity contribution in [2.24, 2.45) is 5.73 Å². The first kappa shape index (κ1) is 86.3. The van der Waals surface area contributed by atoms with Crippen molar-refractivity contribution in [2.75, 3.05) is 48.0 Å². The number of epoxide rings is 1. The Balaban J connectivity index is 0.000000341. The monoisotopic (exact) mass is 1510 g/mol. The van der Waals surface area contributed by atoms with Crippen LogP contribution in [0.1, 0.15) is 210 Å². The average Bonchev–Trinajstić information content (AvgIpc) is 1.66. The number of thioether (sulfide) groups is 1. The Morgan fingerprint density at radius 3 is 1.48 bits per heavy atom. The third-order valence-electron chi connectivity index (χ3n) is 16.3. The highest BCUT2D eigenvalue weighted by Crippen LogP contribution is 2.41. The zero-order chi connectivity index (χ0) is 72.9. The molecule has 1 aliphatic heterocycles. The Morgan fingerprint density at radius 2 is 1.08 bits per heavy atom. The molecule has 4 saturated carbocycles. The van der Waals surface area contributed by atoms with E-state index in [4.69, 9.17) is 15.6 Å². The highest BCUT2D eigenvalue weighted by Gasteiger charge is 2.34. The second kappa shape index (κ2) is 41.7. The van der Waals surface area contributed by atoms with Gasteiger partial charge in [0.25, 0.3) is 5.69 Å². The normalized spacial score (nSPS) is 16.7. The number of nitro benzene ring substituents is 2. The van der Waals surface area contributed by atoms with Crippen LogP contribution in [0.15, 0.2) is 86.6 Å². The van der Waals surface area contributed by atoms with Gasteiger partial charge in [0.05, 0.1) is 56.7 Å². The molecule has 5 aliphatic rings. The number of hydrogen-bond donors (Lipinski definition) is 8.